The fourth-order valence-electron chi connectivity index (χ4n) is 2.48. The summed E-state index contributed by atoms with van der Waals surface area (Å²) in [6.07, 6.45) is 3.93. The van der Waals surface area contributed by atoms with E-state index in [4.69, 9.17) is 0 Å². The zero-order chi connectivity index (χ0) is 11.1. The lowest BCUT2D eigenvalue weighted by atomic mass is 9.83. The molecule has 86 valence electrons. The number of hydrogen-bond donors (Lipinski definition) is 0. The molecule has 0 spiro atoms. The molecule has 0 aromatic rings. The van der Waals surface area contributed by atoms with Crippen molar-refractivity contribution >= 4 is 0 Å². The van der Waals surface area contributed by atoms with Gasteiger partial charge in [0.15, 0.2) is 0 Å². The van der Waals surface area contributed by atoms with Gasteiger partial charge in [-0.2, -0.15) is 0 Å². The Hall–Kier alpha value is -0.0400. The maximum absolute atomic E-state index is 2.53. The van der Waals surface area contributed by atoms with E-state index in [9.17, 15) is 0 Å². The Labute approximate surface area is 90.9 Å². The standard InChI is InChI=1S/C13H29N/c1-7-11(5)13(14(6)10-4)12(8-2)9-3/h11-13H,7-10H2,1-6H3. The van der Waals surface area contributed by atoms with Crippen LogP contribution in [0.25, 0.3) is 0 Å². The molecule has 0 aromatic heterocycles. The van der Waals surface area contributed by atoms with E-state index in [-0.39, 0.29) is 0 Å². The molecule has 0 amide bonds. The Kier molecular flexibility index (Phi) is 7.26. The molecule has 1 heteroatoms. The molecule has 0 aliphatic rings. The molecule has 0 saturated heterocycles. The SMILES string of the molecule is CCC(C)C(C(CC)CC)N(C)CC. The van der Waals surface area contributed by atoms with E-state index in [2.05, 4.69) is 46.6 Å². The fourth-order valence-corrected chi connectivity index (χ4v) is 2.48. The highest BCUT2D eigenvalue weighted by molar-refractivity contribution is 4.80. The molecule has 0 heterocycles. The van der Waals surface area contributed by atoms with Gasteiger partial charge in [0.2, 0.25) is 0 Å². The molecule has 0 aliphatic carbocycles. The highest BCUT2D eigenvalue weighted by atomic mass is 15.1. The van der Waals surface area contributed by atoms with Crippen LogP contribution in [0.1, 0.15) is 53.9 Å². The van der Waals surface area contributed by atoms with Crippen LogP contribution in [0, 0.1) is 11.8 Å². The van der Waals surface area contributed by atoms with E-state index in [0.717, 1.165) is 17.9 Å². The molecule has 2 atom stereocenters. The van der Waals surface area contributed by atoms with Gasteiger partial charge in [-0.1, -0.05) is 53.9 Å². The maximum atomic E-state index is 2.53. The lowest BCUT2D eigenvalue weighted by Gasteiger charge is -2.37. The molecule has 0 bridgehead atoms. The topological polar surface area (TPSA) is 3.24 Å². The van der Waals surface area contributed by atoms with Crippen molar-refractivity contribution in [1.29, 1.82) is 0 Å². The molecule has 0 aliphatic heterocycles. The minimum Gasteiger partial charge on any atom is -0.303 e. The third kappa shape index (κ3) is 3.61. The van der Waals surface area contributed by atoms with Gasteiger partial charge in [-0.15, -0.1) is 0 Å². The summed E-state index contributed by atoms with van der Waals surface area (Å²) in [7, 11) is 2.27. The second-order valence-electron chi connectivity index (χ2n) is 4.53. The van der Waals surface area contributed by atoms with E-state index in [0.29, 0.717) is 0 Å². The first-order valence-electron chi connectivity index (χ1n) is 6.32. The molecular formula is C13H29N. The second-order valence-corrected chi connectivity index (χ2v) is 4.53. The van der Waals surface area contributed by atoms with E-state index < -0.39 is 0 Å². The molecule has 0 radical (unpaired) electrons. The van der Waals surface area contributed by atoms with Crippen LogP contribution < -0.4 is 0 Å². The van der Waals surface area contributed by atoms with Crippen molar-refractivity contribution < 1.29 is 0 Å². The average molecular weight is 199 g/mol. The minimum atomic E-state index is 0.778. The highest BCUT2D eigenvalue weighted by Gasteiger charge is 2.26. The summed E-state index contributed by atoms with van der Waals surface area (Å²) in [4.78, 5) is 2.53. The number of nitrogens with zero attached hydrogens (tertiary/aromatic N) is 1. The summed E-state index contributed by atoms with van der Waals surface area (Å²) >= 11 is 0. The quantitative estimate of drug-likeness (QED) is 0.603. The van der Waals surface area contributed by atoms with E-state index in [1.165, 1.54) is 25.8 Å². The summed E-state index contributed by atoms with van der Waals surface area (Å²) < 4.78 is 0. The first kappa shape index (κ1) is 14.0. The second kappa shape index (κ2) is 7.28. The average Bonchev–Trinajstić information content (AvgIpc) is 2.23. The van der Waals surface area contributed by atoms with Gasteiger partial charge in [0.25, 0.3) is 0 Å². The van der Waals surface area contributed by atoms with Crippen molar-refractivity contribution in [3.8, 4) is 0 Å². The summed E-state index contributed by atoms with van der Waals surface area (Å²) in [5.41, 5.74) is 0. The Morgan fingerprint density at radius 2 is 1.43 bits per heavy atom. The summed E-state index contributed by atoms with van der Waals surface area (Å²) in [6, 6.07) is 0.778. The van der Waals surface area contributed by atoms with Crippen molar-refractivity contribution in [3.05, 3.63) is 0 Å². The van der Waals surface area contributed by atoms with Crippen molar-refractivity contribution in [2.45, 2.75) is 59.9 Å². The van der Waals surface area contributed by atoms with Gasteiger partial charge in [-0.25, -0.2) is 0 Å². The summed E-state index contributed by atoms with van der Waals surface area (Å²) in [5.74, 6) is 1.69. The zero-order valence-electron chi connectivity index (χ0n) is 11.0. The summed E-state index contributed by atoms with van der Waals surface area (Å²) in [6.45, 7) is 12.8. The molecule has 1 nitrogen and oxygen atoms in total. The number of hydrogen-bond acceptors (Lipinski definition) is 1. The van der Waals surface area contributed by atoms with Crippen LogP contribution in [0.5, 0.6) is 0 Å². The van der Waals surface area contributed by atoms with Gasteiger partial charge >= 0.3 is 0 Å². The Morgan fingerprint density at radius 1 is 0.929 bits per heavy atom. The molecule has 0 N–H and O–H groups in total. The van der Waals surface area contributed by atoms with Crippen molar-refractivity contribution in [2.24, 2.45) is 11.8 Å². The van der Waals surface area contributed by atoms with Crippen LogP contribution in [0.15, 0.2) is 0 Å². The summed E-state index contributed by atoms with van der Waals surface area (Å²) in [5, 5.41) is 0. The molecule has 2 unspecified atom stereocenters. The first-order valence-corrected chi connectivity index (χ1v) is 6.32. The lowest BCUT2D eigenvalue weighted by Crippen LogP contribution is -2.42. The molecular weight excluding hydrogens is 170 g/mol. The smallest absolute Gasteiger partial charge is 0.0146 e. The van der Waals surface area contributed by atoms with E-state index in [1.807, 2.05) is 0 Å². The lowest BCUT2D eigenvalue weighted by molar-refractivity contribution is 0.119. The zero-order valence-corrected chi connectivity index (χ0v) is 11.0. The van der Waals surface area contributed by atoms with Gasteiger partial charge in [-0.05, 0) is 25.4 Å². The van der Waals surface area contributed by atoms with Crippen LogP contribution in [-0.2, 0) is 0 Å². The molecule has 14 heavy (non-hydrogen) atoms. The third-order valence-electron chi connectivity index (χ3n) is 3.77. The largest absolute Gasteiger partial charge is 0.303 e. The van der Waals surface area contributed by atoms with Gasteiger partial charge < -0.3 is 4.90 Å². The van der Waals surface area contributed by atoms with E-state index >= 15 is 0 Å². The molecule has 0 aromatic carbocycles. The minimum absolute atomic E-state index is 0.778. The first-order chi connectivity index (χ1) is 6.62. The van der Waals surface area contributed by atoms with Crippen molar-refractivity contribution in [2.75, 3.05) is 13.6 Å². The molecule has 0 saturated carbocycles. The van der Waals surface area contributed by atoms with Crippen molar-refractivity contribution in [3.63, 3.8) is 0 Å². The molecule has 0 fully saturated rings. The van der Waals surface area contributed by atoms with Crippen LogP contribution in [0.2, 0.25) is 0 Å². The Morgan fingerprint density at radius 3 is 1.71 bits per heavy atom. The monoisotopic (exact) mass is 199 g/mol. The van der Waals surface area contributed by atoms with Crippen LogP contribution >= 0.6 is 0 Å². The third-order valence-corrected chi connectivity index (χ3v) is 3.77. The Balaban J connectivity index is 4.51. The Bertz CT molecular complexity index is 119. The van der Waals surface area contributed by atoms with Gasteiger partial charge in [0.1, 0.15) is 0 Å². The predicted molar refractivity (Wildman–Crippen MR) is 65.6 cm³/mol. The van der Waals surface area contributed by atoms with Gasteiger partial charge in [0, 0.05) is 6.04 Å². The predicted octanol–water partition coefficient (Wildman–Crippen LogP) is 3.79. The number of rotatable bonds is 7. The van der Waals surface area contributed by atoms with Crippen molar-refractivity contribution in [1.82, 2.24) is 4.90 Å². The fraction of sp³-hybridized carbons (Fsp3) is 1.00. The van der Waals surface area contributed by atoms with Crippen LogP contribution in [0.4, 0.5) is 0 Å². The van der Waals surface area contributed by atoms with Gasteiger partial charge in [-0.3, -0.25) is 0 Å². The maximum Gasteiger partial charge on any atom is 0.0146 e. The normalized spacial score (nSPS) is 16.3. The highest BCUT2D eigenvalue weighted by Crippen LogP contribution is 2.25. The van der Waals surface area contributed by atoms with E-state index in [1.54, 1.807) is 0 Å². The van der Waals surface area contributed by atoms with Crippen LogP contribution in [0.3, 0.4) is 0 Å². The van der Waals surface area contributed by atoms with Gasteiger partial charge in [0.05, 0.1) is 0 Å². The van der Waals surface area contributed by atoms with Crippen LogP contribution in [-0.4, -0.2) is 24.5 Å². The molecule has 0 rings (SSSR count).